The molecule has 0 bridgehead atoms. The van der Waals surface area contributed by atoms with Gasteiger partial charge in [-0.2, -0.15) is 13.2 Å². The zero-order chi connectivity index (χ0) is 24.7. The first-order valence-electron chi connectivity index (χ1n) is 10.1. The third-order valence-corrected chi connectivity index (χ3v) is 5.09. The summed E-state index contributed by atoms with van der Waals surface area (Å²) in [5, 5.41) is 11.5. The molecule has 0 radical (unpaired) electrons. The van der Waals surface area contributed by atoms with Crippen molar-refractivity contribution in [3.63, 3.8) is 0 Å². The van der Waals surface area contributed by atoms with E-state index in [0.29, 0.717) is 28.8 Å². The molecule has 2 aromatic heterocycles. The summed E-state index contributed by atoms with van der Waals surface area (Å²) < 4.78 is 37.2. The fourth-order valence-corrected chi connectivity index (χ4v) is 3.42. The van der Waals surface area contributed by atoms with Crippen LogP contribution >= 0.6 is 11.8 Å². The lowest BCUT2D eigenvalue weighted by atomic mass is 10.2. The standard InChI is InChI=1S/C23H18F3N7OS/c24-23(25,26)35-18-10-8-17(9-11-18)32-22(34)31-16-6-4-15(5-7-16)30-20-13-21(29-14-28-20)33-19-3-1-2-12-27-19/h1-14H,(H2,31,32,34)(H2,27,28,29,30,33). The quantitative estimate of drug-likeness (QED) is 0.213. The second-order valence-electron chi connectivity index (χ2n) is 6.98. The highest BCUT2D eigenvalue weighted by atomic mass is 32.2. The van der Waals surface area contributed by atoms with Crippen LogP contribution in [-0.4, -0.2) is 26.5 Å². The molecule has 8 nitrogen and oxygen atoms in total. The maximum atomic E-state index is 12.4. The maximum absolute atomic E-state index is 12.4. The number of urea groups is 1. The Hall–Kier alpha value is -4.32. The number of hydrogen-bond donors (Lipinski definition) is 4. The van der Waals surface area contributed by atoms with E-state index in [9.17, 15) is 18.0 Å². The lowest BCUT2D eigenvalue weighted by molar-refractivity contribution is -0.0328. The first-order valence-corrected chi connectivity index (χ1v) is 10.9. The van der Waals surface area contributed by atoms with E-state index >= 15 is 0 Å². The minimum atomic E-state index is -4.36. The van der Waals surface area contributed by atoms with Gasteiger partial charge >= 0.3 is 11.5 Å². The van der Waals surface area contributed by atoms with E-state index in [1.165, 1.54) is 30.6 Å². The van der Waals surface area contributed by atoms with Crippen molar-refractivity contribution < 1.29 is 18.0 Å². The average Bonchev–Trinajstić information content (AvgIpc) is 2.82. The number of halogens is 3. The first kappa shape index (κ1) is 23.8. The molecule has 0 saturated heterocycles. The van der Waals surface area contributed by atoms with Crippen LogP contribution in [0, 0.1) is 0 Å². The monoisotopic (exact) mass is 497 g/mol. The van der Waals surface area contributed by atoms with Gasteiger partial charge in [0.25, 0.3) is 0 Å². The summed E-state index contributed by atoms with van der Waals surface area (Å²) in [6, 6.07) is 19.0. The molecular weight excluding hydrogens is 479 g/mol. The minimum absolute atomic E-state index is 0.0369. The number of nitrogens with zero attached hydrogens (tertiary/aromatic N) is 3. The number of amides is 2. The van der Waals surface area contributed by atoms with E-state index in [1.54, 1.807) is 36.5 Å². The molecule has 2 amide bonds. The van der Waals surface area contributed by atoms with E-state index in [-0.39, 0.29) is 16.7 Å². The smallest absolute Gasteiger partial charge is 0.340 e. The zero-order valence-corrected chi connectivity index (χ0v) is 18.7. The summed E-state index contributed by atoms with van der Waals surface area (Å²) >= 11 is -0.215. The molecule has 4 N–H and O–H groups in total. The van der Waals surface area contributed by atoms with Crippen LogP contribution in [0.25, 0.3) is 0 Å². The molecule has 178 valence electrons. The molecule has 0 atom stereocenters. The Morgan fingerprint density at radius 1 is 0.714 bits per heavy atom. The topological polar surface area (TPSA) is 104 Å². The van der Waals surface area contributed by atoms with Crippen LogP contribution in [-0.2, 0) is 0 Å². The summed E-state index contributed by atoms with van der Waals surface area (Å²) in [4.78, 5) is 24.8. The number of benzene rings is 2. The highest BCUT2D eigenvalue weighted by Crippen LogP contribution is 2.37. The minimum Gasteiger partial charge on any atom is -0.340 e. The van der Waals surface area contributed by atoms with Crippen molar-refractivity contribution in [3.05, 3.63) is 85.3 Å². The average molecular weight is 498 g/mol. The number of nitrogens with one attached hydrogen (secondary N) is 4. The number of carbonyl (C=O) groups is 1. The van der Waals surface area contributed by atoms with Gasteiger partial charge in [0, 0.05) is 34.2 Å². The Balaban J connectivity index is 1.30. The predicted octanol–water partition coefficient (Wildman–Crippen LogP) is 6.61. The number of thioether (sulfide) groups is 1. The molecule has 0 aliphatic rings. The lowest BCUT2D eigenvalue weighted by Crippen LogP contribution is -2.19. The molecule has 0 aliphatic heterocycles. The van der Waals surface area contributed by atoms with Gasteiger partial charge in [-0.05, 0) is 72.4 Å². The Labute approximate surface area is 202 Å². The number of alkyl halides is 3. The van der Waals surface area contributed by atoms with Crippen LogP contribution in [0.15, 0.2) is 90.2 Å². The van der Waals surface area contributed by atoms with Crippen molar-refractivity contribution in [2.75, 3.05) is 21.3 Å². The normalized spacial score (nSPS) is 10.9. The van der Waals surface area contributed by atoms with E-state index in [4.69, 9.17) is 0 Å². The molecule has 4 aromatic rings. The van der Waals surface area contributed by atoms with E-state index in [1.807, 2.05) is 18.2 Å². The Morgan fingerprint density at radius 3 is 1.91 bits per heavy atom. The molecule has 0 unspecified atom stereocenters. The number of aromatic nitrogens is 3. The zero-order valence-electron chi connectivity index (χ0n) is 17.9. The van der Waals surface area contributed by atoms with Crippen molar-refractivity contribution in [1.29, 1.82) is 0 Å². The van der Waals surface area contributed by atoms with Gasteiger partial charge < -0.3 is 21.3 Å². The largest absolute Gasteiger partial charge is 0.446 e. The third kappa shape index (κ3) is 7.61. The van der Waals surface area contributed by atoms with Crippen molar-refractivity contribution in [1.82, 2.24) is 15.0 Å². The van der Waals surface area contributed by atoms with Gasteiger partial charge in [0.05, 0.1) is 0 Å². The summed E-state index contributed by atoms with van der Waals surface area (Å²) in [7, 11) is 0. The van der Waals surface area contributed by atoms with Gasteiger partial charge in [-0.15, -0.1) is 0 Å². The van der Waals surface area contributed by atoms with E-state index < -0.39 is 11.5 Å². The highest BCUT2D eigenvalue weighted by Gasteiger charge is 2.29. The molecule has 0 spiro atoms. The Morgan fingerprint density at radius 2 is 1.31 bits per heavy atom. The molecular formula is C23H18F3N7OS. The van der Waals surface area contributed by atoms with Crippen LogP contribution < -0.4 is 21.3 Å². The molecule has 0 fully saturated rings. The Bertz CT molecular complexity index is 1270. The van der Waals surface area contributed by atoms with Crippen LogP contribution in [0.1, 0.15) is 0 Å². The number of anilines is 6. The summed E-state index contributed by atoms with van der Waals surface area (Å²) in [5.74, 6) is 1.78. The molecule has 35 heavy (non-hydrogen) atoms. The van der Waals surface area contributed by atoms with Gasteiger partial charge in [-0.1, -0.05) is 6.07 Å². The molecule has 0 aliphatic carbocycles. The second-order valence-corrected chi connectivity index (χ2v) is 8.12. The van der Waals surface area contributed by atoms with Crippen molar-refractivity contribution in [2.45, 2.75) is 10.4 Å². The van der Waals surface area contributed by atoms with Crippen molar-refractivity contribution in [2.24, 2.45) is 0 Å². The van der Waals surface area contributed by atoms with Gasteiger partial charge in [0.15, 0.2) is 0 Å². The van der Waals surface area contributed by atoms with E-state index in [0.717, 1.165) is 5.69 Å². The summed E-state index contributed by atoms with van der Waals surface area (Å²) in [6.07, 6.45) is 3.09. The van der Waals surface area contributed by atoms with Gasteiger partial charge in [0.2, 0.25) is 0 Å². The second kappa shape index (κ2) is 10.7. The first-order chi connectivity index (χ1) is 16.8. The summed E-state index contributed by atoms with van der Waals surface area (Å²) in [5.41, 5.74) is -2.74. The van der Waals surface area contributed by atoms with Gasteiger partial charge in [-0.25, -0.2) is 19.7 Å². The van der Waals surface area contributed by atoms with Crippen molar-refractivity contribution in [3.8, 4) is 0 Å². The van der Waals surface area contributed by atoms with Crippen LogP contribution in [0.5, 0.6) is 0 Å². The molecule has 2 aromatic carbocycles. The fraction of sp³-hybridized carbons (Fsp3) is 0.0435. The fourth-order valence-electron chi connectivity index (χ4n) is 2.88. The SMILES string of the molecule is O=C(Nc1ccc(Nc2cc(Nc3ccccn3)ncn2)cc1)Nc1ccc(SC(F)(F)F)cc1. The molecule has 12 heteroatoms. The van der Waals surface area contributed by atoms with Crippen LogP contribution in [0.3, 0.4) is 0 Å². The summed E-state index contributed by atoms with van der Waals surface area (Å²) in [6.45, 7) is 0. The van der Waals surface area contributed by atoms with Crippen LogP contribution in [0.4, 0.5) is 52.5 Å². The van der Waals surface area contributed by atoms with Gasteiger partial charge in [-0.3, -0.25) is 0 Å². The number of carbonyl (C=O) groups excluding carboxylic acids is 1. The van der Waals surface area contributed by atoms with Crippen LogP contribution in [0.2, 0.25) is 0 Å². The highest BCUT2D eigenvalue weighted by molar-refractivity contribution is 8.00. The Kier molecular flexibility index (Phi) is 7.31. The van der Waals surface area contributed by atoms with Crippen molar-refractivity contribution >= 4 is 52.3 Å². The van der Waals surface area contributed by atoms with E-state index in [2.05, 4.69) is 36.2 Å². The number of pyridine rings is 1. The lowest BCUT2D eigenvalue weighted by Gasteiger charge is -2.11. The molecule has 4 rings (SSSR count). The third-order valence-electron chi connectivity index (χ3n) is 4.35. The maximum Gasteiger partial charge on any atom is 0.446 e. The predicted molar refractivity (Wildman–Crippen MR) is 130 cm³/mol. The number of hydrogen-bond acceptors (Lipinski definition) is 7. The van der Waals surface area contributed by atoms with Gasteiger partial charge in [0.1, 0.15) is 23.8 Å². The molecule has 0 saturated carbocycles. The number of rotatable bonds is 7. The molecule has 2 heterocycles.